The number of aliphatic carboxylic acids is 1. The summed E-state index contributed by atoms with van der Waals surface area (Å²) in [6, 6.07) is 6.63. The monoisotopic (exact) mass is 374 g/mol. The Balaban J connectivity index is 1.43. The number of amides is 1. The Labute approximate surface area is 159 Å². The van der Waals surface area contributed by atoms with Crippen molar-refractivity contribution in [2.45, 2.75) is 38.6 Å². The van der Waals surface area contributed by atoms with Crippen LogP contribution < -0.4 is 0 Å². The molecule has 27 heavy (non-hydrogen) atoms. The van der Waals surface area contributed by atoms with E-state index in [-0.39, 0.29) is 24.2 Å². The Bertz CT molecular complexity index is 734. The number of carboxylic acid groups (broad SMARTS) is 1. The molecule has 2 aliphatic heterocycles. The zero-order valence-electron chi connectivity index (χ0n) is 15.6. The van der Waals surface area contributed by atoms with Gasteiger partial charge in [-0.25, -0.2) is 4.39 Å². The van der Waals surface area contributed by atoms with Crippen molar-refractivity contribution < 1.29 is 19.1 Å². The summed E-state index contributed by atoms with van der Waals surface area (Å²) in [6.07, 6.45) is 5.18. The summed E-state index contributed by atoms with van der Waals surface area (Å²) in [4.78, 5) is 28.6. The molecule has 0 aromatic heterocycles. The van der Waals surface area contributed by atoms with E-state index < -0.39 is 11.4 Å². The maximum atomic E-state index is 14.0. The molecular weight excluding hydrogens is 347 g/mol. The first-order valence-corrected chi connectivity index (χ1v) is 9.95. The van der Waals surface area contributed by atoms with Gasteiger partial charge in [0.1, 0.15) is 11.2 Å². The molecule has 0 spiro atoms. The quantitative estimate of drug-likeness (QED) is 0.861. The zero-order valence-corrected chi connectivity index (χ0v) is 15.6. The van der Waals surface area contributed by atoms with Gasteiger partial charge in [-0.2, -0.15) is 0 Å². The van der Waals surface area contributed by atoms with Crippen molar-refractivity contribution >= 4 is 11.9 Å². The van der Waals surface area contributed by atoms with E-state index in [0.29, 0.717) is 44.1 Å². The average Bonchev–Trinajstić information content (AvgIpc) is 3.31. The summed E-state index contributed by atoms with van der Waals surface area (Å²) in [6.45, 7) is 2.16. The van der Waals surface area contributed by atoms with Gasteiger partial charge in [-0.05, 0) is 24.8 Å². The fourth-order valence-corrected chi connectivity index (χ4v) is 5.24. The SMILES string of the molecule is O=C(CC1CCCC1)N1C[C@@H]2CN(Cc3ccccc3F)C[C@]2(C(=O)O)C1. The third-order valence-corrected chi connectivity index (χ3v) is 6.75. The average molecular weight is 374 g/mol. The second-order valence-electron chi connectivity index (χ2n) is 8.55. The highest BCUT2D eigenvalue weighted by atomic mass is 19.1. The van der Waals surface area contributed by atoms with E-state index in [2.05, 4.69) is 0 Å². The van der Waals surface area contributed by atoms with Crippen LogP contribution in [0.3, 0.4) is 0 Å². The molecule has 4 rings (SSSR count). The van der Waals surface area contributed by atoms with Gasteiger partial charge in [0.25, 0.3) is 0 Å². The van der Waals surface area contributed by atoms with E-state index >= 15 is 0 Å². The van der Waals surface area contributed by atoms with Crippen LogP contribution in [-0.4, -0.2) is 53.0 Å². The minimum atomic E-state index is -0.920. The summed E-state index contributed by atoms with van der Waals surface area (Å²) in [5.74, 6) is -0.602. The largest absolute Gasteiger partial charge is 0.481 e. The first kappa shape index (κ1) is 18.4. The van der Waals surface area contributed by atoms with Gasteiger partial charge in [-0.1, -0.05) is 31.0 Å². The lowest BCUT2D eigenvalue weighted by atomic mass is 9.81. The smallest absolute Gasteiger partial charge is 0.313 e. The molecule has 1 saturated carbocycles. The van der Waals surface area contributed by atoms with E-state index in [1.807, 2.05) is 4.90 Å². The number of hydrogen-bond donors (Lipinski definition) is 1. The number of likely N-dealkylation sites (tertiary alicyclic amines) is 2. The number of rotatable bonds is 5. The van der Waals surface area contributed by atoms with E-state index in [1.54, 1.807) is 23.1 Å². The molecule has 6 heteroatoms. The Morgan fingerprint density at radius 2 is 1.89 bits per heavy atom. The van der Waals surface area contributed by atoms with Crippen LogP contribution in [-0.2, 0) is 16.1 Å². The number of hydrogen-bond acceptors (Lipinski definition) is 3. The molecule has 146 valence electrons. The maximum absolute atomic E-state index is 14.0. The Hall–Kier alpha value is -1.95. The van der Waals surface area contributed by atoms with Crippen LogP contribution in [0.2, 0.25) is 0 Å². The minimum Gasteiger partial charge on any atom is -0.481 e. The summed E-state index contributed by atoms with van der Waals surface area (Å²) in [5.41, 5.74) is -0.330. The molecule has 0 bridgehead atoms. The van der Waals surface area contributed by atoms with Crippen LogP contribution in [0, 0.1) is 23.1 Å². The highest BCUT2D eigenvalue weighted by molar-refractivity contribution is 5.82. The van der Waals surface area contributed by atoms with Crippen LogP contribution in [0.25, 0.3) is 0 Å². The molecular formula is C21H27FN2O3. The van der Waals surface area contributed by atoms with E-state index in [9.17, 15) is 19.1 Å². The molecule has 1 N–H and O–H groups in total. The zero-order chi connectivity index (χ0) is 19.0. The van der Waals surface area contributed by atoms with Crippen LogP contribution in [0.1, 0.15) is 37.7 Å². The lowest BCUT2D eigenvalue weighted by molar-refractivity contribution is -0.149. The van der Waals surface area contributed by atoms with Gasteiger partial charge in [-0.3, -0.25) is 14.5 Å². The summed E-state index contributed by atoms with van der Waals surface area (Å²) >= 11 is 0. The van der Waals surface area contributed by atoms with Gasteiger partial charge >= 0.3 is 5.97 Å². The Morgan fingerprint density at radius 3 is 2.56 bits per heavy atom. The molecule has 1 amide bonds. The van der Waals surface area contributed by atoms with Crippen LogP contribution in [0.4, 0.5) is 4.39 Å². The number of nitrogens with zero attached hydrogens (tertiary/aromatic N) is 2. The molecule has 1 aliphatic carbocycles. The molecule has 2 heterocycles. The van der Waals surface area contributed by atoms with Crippen molar-refractivity contribution in [3.05, 3.63) is 35.6 Å². The second kappa shape index (κ2) is 7.23. The first-order valence-electron chi connectivity index (χ1n) is 9.95. The fourth-order valence-electron chi connectivity index (χ4n) is 5.24. The minimum absolute atomic E-state index is 0.0886. The van der Waals surface area contributed by atoms with Crippen molar-refractivity contribution in [3.8, 4) is 0 Å². The highest BCUT2D eigenvalue weighted by Crippen LogP contribution is 2.44. The van der Waals surface area contributed by atoms with Crippen molar-refractivity contribution in [2.75, 3.05) is 26.2 Å². The van der Waals surface area contributed by atoms with Crippen molar-refractivity contribution in [1.29, 1.82) is 0 Å². The van der Waals surface area contributed by atoms with Crippen LogP contribution >= 0.6 is 0 Å². The normalized spacial score (nSPS) is 28.6. The van der Waals surface area contributed by atoms with Gasteiger partial charge in [-0.15, -0.1) is 0 Å². The van der Waals surface area contributed by atoms with Crippen molar-refractivity contribution in [1.82, 2.24) is 9.80 Å². The van der Waals surface area contributed by atoms with E-state index in [1.165, 1.54) is 18.9 Å². The van der Waals surface area contributed by atoms with Crippen LogP contribution in [0.15, 0.2) is 24.3 Å². The number of fused-ring (bicyclic) bond motifs is 1. The molecule has 2 saturated heterocycles. The number of carboxylic acids is 1. The van der Waals surface area contributed by atoms with Gasteiger partial charge < -0.3 is 10.0 Å². The number of carbonyl (C=O) groups excluding carboxylic acids is 1. The van der Waals surface area contributed by atoms with Crippen molar-refractivity contribution in [2.24, 2.45) is 17.3 Å². The maximum Gasteiger partial charge on any atom is 0.313 e. The summed E-state index contributed by atoms with van der Waals surface area (Å²) in [7, 11) is 0. The molecule has 3 aliphatic rings. The molecule has 0 radical (unpaired) electrons. The molecule has 3 fully saturated rings. The molecule has 1 aromatic rings. The third kappa shape index (κ3) is 3.47. The summed E-state index contributed by atoms with van der Waals surface area (Å²) < 4.78 is 14.0. The third-order valence-electron chi connectivity index (χ3n) is 6.75. The van der Waals surface area contributed by atoms with Gasteiger partial charge in [0.05, 0.1) is 0 Å². The fraction of sp³-hybridized carbons (Fsp3) is 0.619. The van der Waals surface area contributed by atoms with Gasteiger partial charge in [0.2, 0.25) is 5.91 Å². The van der Waals surface area contributed by atoms with Crippen molar-refractivity contribution in [3.63, 3.8) is 0 Å². The highest BCUT2D eigenvalue weighted by Gasteiger charge is 2.58. The van der Waals surface area contributed by atoms with E-state index in [4.69, 9.17) is 0 Å². The topological polar surface area (TPSA) is 60.9 Å². The Morgan fingerprint density at radius 1 is 1.15 bits per heavy atom. The Kier molecular flexibility index (Phi) is 4.93. The number of halogens is 1. The van der Waals surface area contributed by atoms with E-state index in [0.717, 1.165) is 12.8 Å². The predicted octanol–water partition coefficient (Wildman–Crippen LogP) is 2.75. The summed E-state index contributed by atoms with van der Waals surface area (Å²) in [5, 5.41) is 9.96. The van der Waals surface area contributed by atoms with Gasteiger partial charge in [0.15, 0.2) is 0 Å². The lowest BCUT2D eigenvalue weighted by Crippen LogP contribution is -2.42. The lowest BCUT2D eigenvalue weighted by Gasteiger charge is -2.26. The first-order chi connectivity index (χ1) is 13.0. The molecule has 2 atom stereocenters. The molecule has 1 aromatic carbocycles. The predicted molar refractivity (Wildman–Crippen MR) is 98.4 cm³/mol. The molecule has 5 nitrogen and oxygen atoms in total. The number of benzene rings is 1. The van der Waals surface area contributed by atoms with Crippen LogP contribution in [0.5, 0.6) is 0 Å². The molecule has 0 unspecified atom stereocenters. The van der Waals surface area contributed by atoms with Gasteiger partial charge in [0, 0.05) is 50.6 Å². The number of carbonyl (C=O) groups is 2. The second-order valence-corrected chi connectivity index (χ2v) is 8.55. The standard InChI is InChI=1S/C21H27FN2O3/c22-18-8-4-3-7-16(18)10-23-11-17-12-24(14-21(17,13-23)20(26)27)19(25)9-15-5-1-2-6-15/h3-4,7-8,15,17H,1-2,5-6,9-14H2,(H,26,27)/t17-,21-/m0/s1.